The van der Waals surface area contributed by atoms with Crippen molar-refractivity contribution in [1.82, 2.24) is 20.0 Å². The Morgan fingerprint density at radius 3 is 2.58 bits per heavy atom. The molecule has 0 aliphatic heterocycles. The SMILES string of the molecule is Cc1ncnc2c1c(NCc1ccccc1CNC(=O)O)cc(=O)n2O. The number of hydrogen-bond acceptors (Lipinski definition) is 6. The molecule has 9 nitrogen and oxygen atoms in total. The van der Waals surface area contributed by atoms with Crippen molar-refractivity contribution in [3.8, 4) is 0 Å². The van der Waals surface area contributed by atoms with Crippen molar-refractivity contribution in [2.24, 2.45) is 0 Å². The Kier molecular flexibility index (Phi) is 4.70. The van der Waals surface area contributed by atoms with Gasteiger partial charge in [-0.15, -0.1) is 4.73 Å². The van der Waals surface area contributed by atoms with Gasteiger partial charge < -0.3 is 20.9 Å². The molecule has 0 saturated carbocycles. The minimum atomic E-state index is -1.10. The van der Waals surface area contributed by atoms with Crippen LogP contribution in [0.25, 0.3) is 11.0 Å². The van der Waals surface area contributed by atoms with E-state index in [4.69, 9.17) is 5.11 Å². The van der Waals surface area contributed by atoms with E-state index in [1.54, 1.807) is 6.92 Å². The number of anilines is 1. The van der Waals surface area contributed by atoms with Gasteiger partial charge in [0.2, 0.25) is 0 Å². The predicted octanol–water partition coefficient (Wildman–Crippen LogP) is 1.72. The van der Waals surface area contributed by atoms with E-state index in [-0.39, 0.29) is 12.2 Å². The molecule has 9 heteroatoms. The average molecular weight is 355 g/mol. The van der Waals surface area contributed by atoms with Gasteiger partial charge in [-0.1, -0.05) is 24.3 Å². The summed E-state index contributed by atoms with van der Waals surface area (Å²) in [6.45, 7) is 2.29. The standard InChI is InChI=1S/C17H17N5O4/c1-10-15-13(6-14(23)22(26)16(15)21-9-20-10)18-7-11-4-2-3-5-12(11)8-19-17(24)25/h2-6,9,18-19,26H,7-8H2,1H3,(H,24,25). The second-order valence-electron chi connectivity index (χ2n) is 5.65. The summed E-state index contributed by atoms with van der Waals surface area (Å²) in [6.07, 6.45) is 0.179. The lowest BCUT2D eigenvalue weighted by Crippen LogP contribution is -2.21. The van der Waals surface area contributed by atoms with Crippen molar-refractivity contribution >= 4 is 22.8 Å². The summed E-state index contributed by atoms with van der Waals surface area (Å²) < 4.78 is 0.486. The molecule has 0 aliphatic carbocycles. The van der Waals surface area contributed by atoms with Crippen molar-refractivity contribution in [3.05, 3.63) is 63.8 Å². The maximum atomic E-state index is 12.0. The zero-order chi connectivity index (χ0) is 18.7. The first kappa shape index (κ1) is 17.2. The molecular formula is C17H17N5O4. The second kappa shape index (κ2) is 7.09. The highest BCUT2D eigenvalue weighted by molar-refractivity contribution is 5.90. The molecule has 2 aromatic heterocycles. The number of rotatable bonds is 5. The number of fused-ring (bicyclic) bond motifs is 1. The summed E-state index contributed by atoms with van der Waals surface area (Å²) in [7, 11) is 0. The number of hydrogen-bond donors (Lipinski definition) is 4. The Morgan fingerprint density at radius 2 is 1.88 bits per heavy atom. The first-order chi connectivity index (χ1) is 12.5. The van der Waals surface area contributed by atoms with Gasteiger partial charge in [-0.2, -0.15) is 0 Å². The van der Waals surface area contributed by atoms with Crippen LogP contribution < -0.4 is 16.2 Å². The van der Waals surface area contributed by atoms with Gasteiger partial charge in [0, 0.05) is 19.2 Å². The van der Waals surface area contributed by atoms with E-state index in [2.05, 4.69) is 20.6 Å². The number of aromatic nitrogens is 3. The van der Waals surface area contributed by atoms with Gasteiger partial charge in [0.1, 0.15) is 6.33 Å². The molecule has 3 rings (SSSR count). The molecule has 26 heavy (non-hydrogen) atoms. The quantitative estimate of drug-likeness (QED) is 0.513. The second-order valence-corrected chi connectivity index (χ2v) is 5.65. The van der Waals surface area contributed by atoms with E-state index in [0.717, 1.165) is 11.1 Å². The van der Waals surface area contributed by atoms with Gasteiger partial charge >= 0.3 is 6.09 Å². The minimum absolute atomic E-state index is 0.119. The van der Waals surface area contributed by atoms with E-state index in [1.807, 2.05) is 24.3 Å². The normalized spacial score (nSPS) is 10.7. The van der Waals surface area contributed by atoms with Gasteiger partial charge in [-0.3, -0.25) is 4.79 Å². The zero-order valence-electron chi connectivity index (χ0n) is 13.9. The number of nitrogens with zero attached hydrogens (tertiary/aromatic N) is 3. The largest absolute Gasteiger partial charge is 0.465 e. The molecule has 0 unspecified atom stereocenters. The molecule has 3 aromatic rings. The van der Waals surface area contributed by atoms with Crippen LogP contribution in [-0.4, -0.2) is 31.1 Å². The highest BCUT2D eigenvalue weighted by Crippen LogP contribution is 2.22. The van der Waals surface area contributed by atoms with Gasteiger partial charge in [-0.05, 0) is 18.1 Å². The number of carbonyl (C=O) groups is 1. The summed E-state index contributed by atoms with van der Waals surface area (Å²) >= 11 is 0. The highest BCUT2D eigenvalue weighted by atomic mass is 16.5. The van der Waals surface area contributed by atoms with Crippen LogP contribution in [0.15, 0.2) is 41.5 Å². The molecule has 2 heterocycles. The number of pyridine rings is 1. The van der Waals surface area contributed by atoms with Crippen LogP contribution in [0.2, 0.25) is 0 Å². The van der Waals surface area contributed by atoms with E-state index in [0.29, 0.717) is 28.0 Å². The third kappa shape index (κ3) is 3.41. The molecular weight excluding hydrogens is 338 g/mol. The number of benzene rings is 1. The monoisotopic (exact) mass is 355 g/mol. The van der Waals surface area contributed by atoms with E-state index in [9.17, 15) is 14.8 Å². The summed E-state index contributed by atoms with van der Waals surface area (Å²) in [6, 6.07) is 8.63. The molecule has 0 saturated heterocycles. The van der Waals surface area contributed by atoms with E-state index < -0.39 is 11.7 Å². The molecule has 4 N–H and O–H groups in total. The van der Waals surface area contributed by atoms with Crippen molar-refractivity contribution in [2.45, 2.75) is 20.0 Å². The molecule has 0 spiro atoms. The Morgan fingerprint density at radius 1 is 1.19 bits per heavy atom. The molecule has 1 amide bonds. The fraction of sp³-hybridized carbons (Fsp3) is 0.176. The van der Waals surface area contributed by atoms with Gasteiger partial charge in [0.25, 0.3) is 5.56 Å². The lowest BCUT2D eigenvalue weighted by molar-refractivity contribution is 0.186. The summed E-state index contributed by atoms with van der Waals surface area (Å²) in [5.74, 6) is 0. The number of amides is 1. The van der Waals surface area contributed by atoms with Crippen molar-refractivity contribution in [3.63, 3.8) is 0 Å². The Balaban J connectivity index is 1.93. The summed E-state index contributed by atoms with van der Waals surface area (Å²) in [5.41, 5.74) is 2.30. The molecule has 0 fully saturated rings. The molecule has 0 aliphatic rings. The molecule has 0 radical (unpaired) electrons. The van der Waals surface area contributed by atoms with Crippen LogP contribution in [0.1, 0.15) is 16.8 Å². The van der Waals surface area contributed by atoms with Crippen LogP contribution in [-0.2, 0) is 13.1 Å². The Labute approximate surface area is 147 Å². The fourth-order valence-electron chi connectivity index (χ4n) is 2.70. The fourth-order valence-corrected chi connectivity index (χ4v) is 2.70. The predicted molar refractivity (Wildman–Crippen MR) is 94.4 cm³/mol. The first-order valence-corrected chi connectivity index (χ1v) is 7.81. The molecule has 134 valence electrons. The number of aryl methyl sites for hydroxylation is 1. The third-order valence-corrected chi connectivity index (χ3v) is 3.98. The van der Waals surface area contributed by atoms with Crippen LogP contribution in [0.5, 0.6) is 0 Å². The maximum absolute atomic E-state index is 12.0. The number of carboxylic acid groups (broad SMARTS) is 1. The van der Waals surface area contributed by atoms with E-state index >= 15 is 0 Å². The minimum Gasteiger partial charge on any atom is -0.465 e. The third-order valence-electron chi connectivity index (χ3n) is 3.98. The maximum Gasteiger partial charge on any atom is 0.404 e. The van der Waals surface area contributed by atoms with Gasteiger partial charge in [-0.25, -0.2) is 14.8 Å². The average Bonchev–Trinajstić information content (AvgIpc) is 2.62. The highest BCUT2D eigenvalue weighted by Gasteiger charge is 2.13. The molecule has 0 atom stereocenters. The Bertz CT molecular complexity index is 1030. The zero-order valence-corrected chi connectivity index (χ0v) is 13.9. The van der Waals surface area contributed by atoms with Crippen molar-refractivity contribution < 1.29 is 15.1 Å². The van der Waals surface area contributed by atoms with Crippen LogP contribution in [0, 0.1) is 6.92 Å². The first-order valence-electron chi connectivity index (χ1n) is 7.81. The van der Waals surface area contributed by atoms with Crippen LogP contribution in [0.4, 0.5) is 10.5 Å². The topological polar surface area (TPSA) is 129 Å². The summed E-state index contributed by atoms with van der Waals surface area (Å²) in [5, 5.41) is 24.7. The van der Waals surface area contributed by atoms with Crippen molar-refractivity contribution in [1.29, 1.82) is 0 Å². The lowest BCUT2D eigenvalue weighted by atomic mass is 10.1. The van der Waals surface area contributed by atoms with Gasteiger partial charge in [0.05, 0.1) is 16.8 Å². The smallest absolute Gasteiger partial charge is 0.404 e. The lowest BCUT2D eigenvalue weighted by Gasteiger charge is -2.14. The number of nitrogens with one attached hydrogen (secondary N) is 2. The van der Waals surface area contributed by atoms with E-state index in [1.165, 1.54) is 12.4 Å². The molecule has 1 aromatic carbocycles. The van der Waals surface area contributed by atoms with Crippen LogP contribution in [0.3, 0.4) is 0 Å². The van der Waals surface area contributed by atoms with Crippen molar-refractivity contribution in [2.75, 3.05) is 5.32 Å². The molecule has 0 bridgehead atoms. The summed E-state index contributed by atoms with van der Waals surface area (Å²) in [4.78, 5) is 30.8. The van der Waals surface area contributed by atoms with Crippen LogP contribution >= 0.6 is 0 Å². The van der Waals surface area contributed by atoms with Gasteiger partial charge in [0.15, 0.2) is 5.65 Å². The Hall–Kier alpha value is -3.62.